The van der Waals surface area contributed by atoms with Crippen LogP contribution < -0.4 is 5.32 Å². The number of ether oxygens (including phenoxy) is 1. The molecule has 3 nitrogen and oxygen atoms in total. The molecule has 0 radical (unpaired) electrons. The van der Waals surface area contributed by atoms with Gasteiger partial charge in [-0.3, -0.25) is 4.90 Å². The minimum Gasteiger partial charge on any atom is -0.376 e. The van der Waals surface area contributed by atoms with E-state index in [1.165, 1.54) is 17.5 Å². The van der Waals surface area contributed by atoms with Crippen molar-refractivity contribution in [2.75, 3.05) is 32.8 Å². The van der Waals surface area contributed by atoms with E-state index < -0.39 is 0 Å². The van der Waals surface area contributed by atoms with E-state index in [4.69, 9.17) is 4.74 Å². The van der Waals surface area contributed by atoms with Crippen molar-refractivity contribution in [1.82, 2.24) is 10.2 Å². The standard InChI is InChI=1S/C18H30N2O/c1-3-10-19-11-9-16-7-5-6-8-17(16)14-20-12-13-21-18(4-2)15-20/h5-8,18-19H,3-4,9-15H2,1-2H3. The third kappa shape index (κ3) is 5.42. The molecule has 1 N–H and O–H groups in total. The van der Waals surface area contributed by atoms with Gasteiger partial charge in [0.05, 0.1) is 12.7 Å². The second-order valence-corrected chi connectivity index (χ2v) is 5.90. The van der Waals surface area contributed by atoms with Gasteiger partial charge in [0.2, 0.25) is 0 Å². The van der Waals surface area contributed by atoms with E-state index >= 15 is 0 Å². The van der Waals surface area contributed by atoms with Gasteiger partial charge in [-0.1, -0.05) is 38.1 Å². The molecule has 1 aromatic rings. The predicted molar refractivity (Wildman–Crippen MR) is 88.6 cm³/mol. The van der Waals surface area contributed by atoms with E-state index in [1.807, 2.05) is 0 Å². The molecule has 1 unspecified atom stereocenters. The summed E-state index contributed by atoms with van der Waals surface area (Å²) in [5.74, 6) is 0. The van der Waals surface area contributed by atoms with E-state index in [-0.39, 0.29) is 0 Å². The van der Waals surface area contributed by atoms with Gasteiger partial charge >= 0.3 is 0 Å². The Morgan fingerprint density at radius 2 is 2.00 bits per heavy atom. The van der Waals surface area contributed by atoms with Crippen LogP contribution in [0, 0.1) is 0 Å². The number of nitrogens with zero attached hydrogens (tertiary/aromatic N) is 1. The lowest BCUT2D eigenvalue weighted by atomic mass is 10.0. The van der Waals surface area contributed by atoms with Crippen molar-refractivity contribution in [2.45, 2.75) is 45.8 Å². The molecule has 1 atom stereocenters. The first-order valence-electron chi connectivity index (χ1n) is 8.45. The fraction of sp³-hybridized carbons (Fsp3) is 0.667. The topological polar surface area (TPSA) is 24.5 Å². The molecule has 0 saturated carbocycles. The van der Waals surface area contributed by atoms with E-state index in [0.717, 1.165) is 52.2 Å². The highest BCUT2D eigenvalue weighted by molar-refractivity contribution is 5.27. The normalized spacial score (nSPS) is 19.8. The lowest BCUT2D eigenvalue weighted by Crippen LogP contribution is -2.41. The first kappa shape index (κ1) is 16.5. The maximum atomic E-state index is 5.77. The molecule has 0 spiro atoms. The Morgan fingerprint density at radius 1 is 1.19 bits per heavy atom. The molecule has 0 bridgehead atoms. The molecule has 3 heteroatoms. The summed E-state index contributed by atoms with van der Waals surface area (Å²) in [4.78, 5) is 2.54. The first-order chi connectivity index (χ1) is 10.3. The van der Waals surface area contributed by atoms with Gasteiger partial charge < -0.3 is 10.1 Å². The highest BCUT2D eigenvalue weighted by atomic mass is 16.5. The zero-order valence-corrected chi connectivity index (χ0v) is 13.6. The molecule has 0 aliphatic carbocycles. The molecule has 1 aliphatic rings. The maximum absolute atomic E-state index is 5.77. The van der Waals surface area contributed by atoms with E-state index in [1.54, 1.807) is 0 Å². The average molecular weight is 290 g/mol. The van der Waals surface area contributed by atoms with Crippen LogP contribution in [0.1, 0.15) is 37.8 Å². The summed E-state index contributed by atoms with van der Waals surface area (Å²) in [6, 6.07) is 8.88. The molecule has 1 aromatic carbocycles. The van der Waals surface area contributed by atoms with Crippen molar-refractivity contribution < 1.29 is 4.74 Å². The largest absolute Gasteiger partial charge is 0.376 e. The van der Waals surface area contributed by atoms with E-state index in [9.17, 15) is 0 Å². The number of rotatable bonds is 8. The molecule has 1 heterocycles. The van der Waals surface area contributed by atoms with Gasteiger partial charge in [0.1, 0.15) is 0 Å². The SMILES string of the molecule is CCCNCCc1ccccc1CN1CCOC(CC)C1. The summed E-state index contributed by atoms with van der Waals surface area (Å²) in [5, 5.41) is 3.50. The number of benzene rings is 1. The highest BCUT2D eigenvalue weighted by Gasteiger charge is 2.19. The molecule has 0 amide bonds. The summed E-state index contributed by atoms with van der Waals surface area (Å²) >= 11 is 0. The summed E-state index contributed by atoms with van der Waals surface area (Å²) in [6.45, 7) is 10.7. The second kappa shape index (κ2) is 9.19. The van der Waals surface area contributed by atoms with Crippen molar-refractivity contribution in [2.24, 2.45) is 0 Å². The van der Waals surface area contributed by atoms with Crippen molar-refractivity contribution in [3.63, 3.8) is 0 Å². The Bertz CT molecular complexity index is 408. The van der Waals surface area contributed by atoms with Crippen LogP contribution in [0.2, 0.25) is 0 Å². The monoisotopic (exact) mass is 290 g/mol. The van der Waals surface area contributed by atoms with Crippen LogP contribution >= 0.6 is 0 Å². The van der Waals surface area contributed by atoms with E-state index in [2.05, 4.69) is 48.3 Å². The summed E-state index contributed by atoms with van der Waals surface area (Å²) in [5.41, 5.74) is 2.97. The van der Waals surface area contributed by atoms with Gasteiger partial charge in [0.25, 0.3) is 0 Å². The Hall–Kier alpha value is -0.900. The fourth-order valence-electron chi connectivity index (χ4n) is 2.89. The van der Waals surface area contributed by atoms with Gasteiger partial charge in [-0.2, -0.15) is 0 Å². The number of nitrogens with one attached hydrogen (secondary N) is 1. The molecule has 21 heavy (non-hydrogen) atoms. The smallest absolute Gasteiger partial charge is 0.0700 e. The molecule has 1 aliphatic heterocycles. The van der Waals surface area contributed by atoms with Crippen LogP contribution in [0.5, 0.6) is 0 Å². The molecule has 1 saturated heterocycles. The van der Waals surface area contributed by atoms with Gasteiger partial charge in [0, 0.05) is 19.6 Å². The molecular formula is C18H30N2O. The second-order valence-electron chi connectivity index (χ2n) is 5.90. The molecule has 118 valence electrons. The Labute approximate surface area is 129 Å². The minimum absolute atomic E-state index is 0.414. The van der Waals surface area contributed by atoms with Gasteiger partial charge in [0.15, 0.2) is 0 Å². The Balaban J connectivity index is 1.89. The number of hydrogen-bond acceptors (Lipinski definition) is 3. The lowest BCUT2D eigenvalue weighted by Gasteiger charge is -2.33. The molecule has 1 fully saturated rings. The lowest BCUT2D eigenvalue weighted by molar-refractivity contribution is -0.0325. The zero-order chi connectivity index (χ0) is 14.9. The average Bonchev–Trinajstić information content (AvgIpc) is 2.53. The van der Waals surface area contributed by atoms with Crippen LogP contribution in [0.15, 0.2) is 24.3 Å². The number of hydrogen-bond donors (Lipinski definition) is 1. The quantitative estimate of drug-likeness (QED) is 0.745. The van der Waals surface area contributed by atoms with Gasteiger partial charge in [-0.15, -0.1) is 0 Å². The Kier molecular flexibility index (Phi) is 7.20. The Morgan fingerprint density at radius 3 is 2.76 bits per heavy atom. The van der Waals surface area contributed by atoms with Crippen LogP contribution in [-0.2, 0) is 17.7 Å². The molecule has 2 rings (SSSR count). The summed E-state index contributed by atoms with van der Waals surface area (Å²) in [6.07, 6.45) is 3.85. The third-order valence-corrected chi connectivity index (χ3v) is 4.19. The number of morpholine rings is 1. The van der Waals surface area contributed by atoms with Gasteiger partial charge in [-0.25, -0.2) is 0 Å². The molecule has 0 aromatic heterocycles. The molecular weight excluding hydrogens is 260 g/mol. The summed E-state index contributed by atoms with van der Waals surface area (Å²) in [7, 11) is 0. The van der Waals surface area contributed by atoms with Gasteiger partial charge in [-0.05, 0) is 43.5 Å². The summed E-state index contributed by atoms with van der Waals surface area (Å²) < 4.78 is 5.77. The van der Waals surface area contributed by atoms with Crippen molar-refractivity contribution >= 4 is 0 Å². The highest BCUT2D eigenvalue weighted by Crippen LogP contribution is 2.16. The van der Waals surface area contributed by atoms with Crippen LogP contribution in [-0.4, -0.2) is 43.8 Å². The van der Waals surface area contributed by atoms with Crippen molar-refractivity contribution in [3.05, 3.63) is 35.4 Å². The van der Waals surface area contributed by atoms with Crippen LogP contribution in [0.4, 0.5) is 0 Å². The first-order valence-corrected chi connectivity index (χ1v) is 8.45. The minimum atomic E-state index is 0.414. The van der Waals surface area contributed by atoms with Crippen LogP contribution in [0.3, 0.4) is 0 Å². The zero-order valence-electron chi connectivity index (χ0n) is 13.6. The van der Waals surface area contributed by atoms with Crippen molar-refractivity contribution in [3.8, 4) is 0 Å². The third-order valence-electron chi connectivity index (χ3n) is 4.19. The van der Waals surface area contributed by atoms with Crippen molar-refractivity contribution in [1.29, 1.82) is 0 Å². The van der Waals surface area contributed by atoms with E-state index in [0.29, 0.717) is 6.10 Å². The maximum Gasteiger partial charge on any atom is 0.0700 e. The fourth-order valence-corrected chi connectivity index (χ4v) is 2.89. The predicted octanol–water partition coefficient (Wildman–Crippen LogP) is 2.84. The van der Waals surface area contributed by atoms with Crippen LogP contribution in [0.25, 0.3) is 0 Å².